The van der Waals surface area contributed by atoms with Gasteiger partial charge in [0.25, 0.3) is 0 Å². The smallest absolute Gasteiger partial charge is 0.194 e. The molecule has 2 rings (SSSR count). The van der Waals surface area contributed by atoms with E-state index in [1.54, 1.807) is 25.4 Å². The Bertz CT molecular complexity index is 391. The largest absolute Gasteiger partial charge is 0.299 e. The van der Waals surface area contributed by atoms with Gasteiger partial charge in [-0.15, -0.1) is 0 Å². The van der Waals surface area contributed by atoms with E-state index in [1.807, 2.05) is 6.07 Å². The van der Waals surface area contributed by atoms with Crippen LogP contribution in [0.3, 0.4) is 0 Å². The third kappa shape index (κ3) is 1.55. The minimum Gasteiger partial charge on any atom is -0.299 e. The van der Waals surface area contributed by atoms with Crippen LogP contribution in [0.15, 0.2) is 29.6 Å². The van der Waals surface area contributed by atoms with Crippen molar-refractivity contribution in [3.8, 4) is 0 Å². The molecule has 0 amide bonds. The summed E-state index contributed by atoms with van der Waals surface area (Å²) < 4.78 is 0. The van der Waals surface area contributed by atoms with Crippen LogP contribution in [0.25, 0.3) is 0 Å². The number of rotatable bonds is 2. The number of carbonyl (C=O) groups excluding carboxylic acids is 1. The second-order valence-corrected chi connectivity index (χ2v) is 3.16. The van der Waals surface area contributed by atoms with Crippen molar-refractivity contribution in [2.24, 2.45) is 10.9 Å². The quantitative estimate of drug-likeness (QED) is 0.540. The van der Waals surface area contributed by atoms with Crippen LogP contribution in [0.2, 0.25) is 0 Å². The first-order chi connectivity index (χ1) is 7.24. The molecule has 6 heteroatoms. The summed E-state index contributed by atoms with van der Waals surface area (Å²) in [6, 6.07) is 3.60. The monoisotopic (exact) mass is 205 g/mol. The maximum atomic E-state index is 10.9. The fraction of sp³-hybridized carbons (Fsp3) is 0.222. The normalized spacial score (nSPS) is 20.4. The summed E-state index contributed by atoms with van der Waals surface area (Å²) in [5.74, 6) is 6.26. The molecule has 1 aromatic heterocycles. The molecule has 1 atom stereocenters. The van der Waals surface area contributed by atoms with Gasteiger partial charge < -0.3 is 0 Å². The predicted molar refractivity (Wildman–Crippen MR) is 55.7 cm³/mol. The molecule has 0 saturated carbocycles. The summed E-state index contributed by atoms with van der Waals surface area (Å²) in [7, 11) is 0. The topological polar surface area (TPSA) is 74.8 Å². The molecule has 15 heavy (non-hydrogen) atoms. The van der Waals surface area contributed by atoms with Crippen molar-refractivity contribution >= 4 is 17.8 Å². The van der Waals surface area contributed by atoms with Crippen molar-refractivity contribution in [2.45, 2.75) is 13.1 Å². The van der Waals surface area contributed by atoms with Crippen molar-refractivity contribution in [1.82, 2.24) is 9.99 Å². The number of hydrazone groups is 1. The number of nitrogens with zero attached hydrogens (tertiary/aromatic N) is 4. The van der Waals surface area contributed by atoms with Gasteiger partial charge in [0.15, 0.2) is 12.5 Å². The maximum Gasteiger partial charge on any atom is 0.194 e. The van der Waals surface area contributed by atoms with E-state index in [-0.39, 0.29) is 0 Å². The van der Waals surface area contributed by atoms with Gasteiger partial charge in [0, 0.05) is 6.20 Å². The number of carbonyl (C=O) groups is 1. The van der Waals surface area contributed by atoms with E-state index in [0.717, 1.165) is 12.0 Å². The third-order valence-corrected chi connectivity index (χ3v) is 2.19. The number of amidine groups is 1. The van der Waals surface area contributed by atoms with Gasteiger partial charge in [0.2, 0.25) is 0 Å². The first kappa shape index (κ1) is 9.60. The van der Waals surface area contributed by atoms with Crippen molar-refractivity contribution in [2.75, 3.05) is 5.01 Å². The van der Waals surface area contributed by atoms with Gasteiger partial charge in [-0.25, -0.2) is 10.9 Å². The van der Waals surface area contributed by atoms with E-state index < -0.39 is 6.17 Å². The zero-order valence-electron chi connectivity index (χ0n) is 8.24. The number of hydrogen-bond acceptors (Lipinski definition) is 6. The molecule has 0 aromatic carbocycles. The Morgan fingerprint density at radius 3 is 3.00 bits per heavy atom. The number of pyridine rings is 1. The highest BCUT2D eigenvalue weighted by molar-refractivity contribution is 5.87. The molecule has 0 spiro atoms. The van der Waals surface area contributed by atoms with Crippen molar-refractivity contribution in [1.29, 1.82) is 0 Å². The number of hydrazine groups is 1. The van der Waals surface area contributed by atoms with Crippen LogP contribution < -0.4 is 10.9 Å². The highest BCUT2D eigenvalue weighted by atomic mass is 16.1. The van der Waals surface area contributed by atoms with E-state index >= 15 is 0 Å². The molecule has 2 N–H and O–H groups in total. The number of hydrogen-bond donors (Lipinski definition) is 1. The van der Waals surface area contributed by atoms with E-state index in [1.165, 1.54) is 10.0 Å². The average Bonchev–Trinajstić information content (AvgIpc) is 2.56. The molecule has 0 fully saturated rings. The van der Waals surface area contributed by atoms with Gasteiger partial charge >= 0.3 is 0 Å². The van der Waals surface area contributed by atoms with Crippen LogP contribution in [0.4, 0.5) is 5.69 Å². The molecular weight excluding hydrogens is 194 g/mol. The Balaban J connectivity index is 2.34. The lowest BCUT2D eigenvalue weighted by Gasteiger charge is -2.22. The third-order valence-electron chi connectivity index (χ3n) is 2.19. The molecule has 0 radical (unpaired) electrons. The van der Waals surface area contributed by atoms with Crippen LogP contribution in [-0.4, -0.2) is 28.3 Å². The van der Waals surface area contributed by atoms with Gasteiger partial charge in [-0.2, -0.15) is 5.10 Å². The molecule has 78 valence electrons. The summed E-state index contributed by atoms with van der Waals surface area (Å²) in [6.07, 6.45) is 3.44. The van der Waals surface area contributed by atoms with Gasteiger partial charge in [-0.3, -0.25) is 14.8 Å². The first-order valence-corrected chi connectivity index (χ1v) is 4.47. The maximum absolute atomic E-state index is 10.9. The molecule has 0 saturated heterocycles. The Kier molecular flexibility index (Phi) is 2.34. The Morgan fingerprint density at radius 2 is 2.40 bits per heavy atom. The highest BCUT2D eigenvalue weighted by Gasteiger charge is 2.30. The van der Waals surface area contributed by atoms with Gasteiger partial charge in [0.1, 0.15) is 5.84 Å². The molecule has 1 unspecified atom stereocenters. The summed E-state index contributed by atoms with van der Waals surface area (Å²) in [5, 5.41) is 7.03. The van der Waals surface area contributed by atoms with E-state index in [2.05, 4.69) is 10.1 Å². The molecule has 0 aliphatic carbocycles. The second-order valence-electron chi connectivity index (χ2n) is 3.16. The molecule has 2 heterocycles. The highest BCUT2D eigenvalue weighted by Crippen LogP contribution is 2.20. The van der Waals surface area contributed by atoms with Crippen molar-refractivity contribution < 1.29 is 4.79 Å². The number of anilines is 1. The Hall–Kier alpha value is -1.95. The average molecular weight is 205 g/mol. The summed E-state index contributed by atoms with van der Waals surface area (Å²) in [5.41, 5.74) is 0.738. The zero-order valence-corrected chi connectivity index (χ0v) is 8.24. The van der Waals surface area contributed by atoms with E-state index in [4.69, 9.17) is 5.84 Å². The van der Waals surface area contributed by atoms with Gasteiger partial charge in [-0.05, 0) is 19.1 Å². The lowest BCUT2D eigenvalue weighted by Crippen LogP contribution is -2.47. The Labute approximate surface area is 87.0 Å². The van der Waals surface area contributed by atoms with Gasteiger partial charge in [-0.1, -0.05) is 0 Å². The number of nitrogens with two attached hydrogens (primary N) is 1. The van der Waals surface area contributed by atoms with Crippen LogP contribution in [0.1, 0.15) is 6.92 Å². The fourth-order valence-electron chi connectivity index (χ4n) is 1.40. The lowest BCUT2D eigenvalue weighted by molar-refractivity contribution is -0.111. The van der Waals surface area contributed by atoms with Crippen LogP contribution in [0, 0.1) is 0 Å². The van der Waals surface area contributed by atoms with Gasteiger partial charge in [0.05, 0.1) is 11.9 Å². The van der Waals surface area contributed by atoms with Crippen molar-refractivity contribution in [3.05, 3.63) is 24.5 Å². The minimum atomic E-state index is -0.589. The van der Waals surface area contributed by atoms with Crippen LogP contribution in [-0.2, 0) is 4.79 Å². The van der Waals surface area contributed by atoms with Crippen molar-refractivity contribution in [3.63, 3.8) is 0 Å². The molecule has 6 nitrogen and oxygen atoms in total. The number of aldehydes is 1. The molecule has 1 aromatic rings. The van der Waals surface area contributed by atoms with Crippen LogP contribution >= 0.6 is 0 Å². The summed E-state index contributed by atoms with van der Waals surface area (Å²) in [6.45, 7) is 1.74. The minimum absolute atomic E-state index is 0.589. The Morgan fingerprint density at radius 1 is 1.60 bits per heavy atom. The zero-order chi connectivity index (χ0) is 10.8. The lowest BCUT2D eigenvalue weighted by atomic mass is 10.4. The molecular formula is C9H11N5O. The SMILES string of the molecule is CC1=NN(c2cccnc2)C(C=O)N1N. The van der Waals surface area contributed by atoms with E-state index in [9.17, 15) is 4.79 Å². The summed E-state index contributed by atoms with van der Waals surface area (Å²) >= 11 is 0. The second kappa shape index (κ2) is 3.66. The first-order valence-electron chi connectivity index (χ1n) is 4.47. The standard InChI is InChI=1S/C9H11N5O/c1-7-12-14(9(6-15)13(7)10)8-3-2-4-11-5-8/h2-6,9H,10H2,1H3. The molecule has 1 aliphatic rings. The van der Waals surface area contributed by atoms with Crippen LogP contribution in [0.5, 0.6) is 0 Å². The van der Waals surface area contributed by atoms with E-state index in [0.29, 0.717) is 5.84 Å². The summed E-state index contributed by atoms with van der Waals surface area (Å²) in [4.78, 5) is 14.9. The molecule has 0 bridgehead atoms. The number of aromatic nitrogens is 1. The predicted octanol–water partition coefficient (Wildman–Crippen LogP) is -0.0643. The molecule has 1 aliphatic heterocycles. The fourth-order valence-corrected chi connectivity index (χ4v) is 1.40.